The molecule has 9 heteroatoms. The van der Waals surface area contributed by atoms with Crippen LogP contribution in [0.5, 0.6) is 0 Å². The van der Waals surface area contributed by atoms with Gasteiger partial charge >= 0.3 is 0 Å². The number of methoxy groups -OCH3 is 1. The van der Waals surface area contributed by atoms with E-state index in [1.165, 1.54) is 0 Å². The highest BCUT2D eigenvalue weighted by atomic mass is 16.5. The van der Waals surface area contributed by atoms with E-state index in [0.717, 1.165) is 65.5 Å². The predicted octanol–water partition coefficient (Wildman–Crippen LogP) is 4.86. The van der Waals surface area contributed by atoms with Gasteiger partial charge in [-0.25, -0.2) is 14.5 Å². The summed E-state index contributed by atoms with van der Waals surface area (Å²) in [6.07, 6.45) is 10.1. The van der Waals surface area contributed by atoms with Gasteiger partial charge in [-0.15, -0.1) is 5.10 Å². The number of hydrogen-bond acceptors (Lipinski definition) is 6. The topological polar surface area (TPSA) is 78.3 Å². The Labute approximate surface area is 216 Å². The number of ether oxygens (including phenoxy) is 1. The number of benzene rings is 1. The molecular formula is C28H32N8O. The summed E-state index contributed by atoms with van der Waals surface area (Å²) in [6, 6.07) is 12.8. The Balaban J connectivity index is 1.65. The van der Waals surface area contributed by atoms with Crippen LogP contribution in [0.2, 0.25) is 0 Å². The van der Waals surface area contributed by atoms with Gasteiger partial charge in [0.1, 0.15) is 5.52 Å². The van der Waals surface area contributed by atoms with Gasteiger partial charge in [0.2, 0.25) is 5.82 Å². The maximum atomic E-state index is 5.77. The lowest BCUT2D eigenvalue weighted by Crippen LogP contribution is -2.40. The van der Waals surface area contributed by atoms with Crippen LogP contribution in [0.25, 0.3) is 39.5 Å². The van der Waals surface area contributed by atoms with Gasteiger partial charge in [0, 0.05) is 69.2 Å². The molecule has 6 rings (SSSR count). The molecule has 0 amide bonds. The van der Waals surface area contributed by atoms with Gasteiger partial charge in [0.15, 0.2) is 11.6 Å². The van der Waals surface area contributed by atoms with E-state index in [1.54, 1.807) is 13.3 Å². The number of aromatic nitrogens is 7. The van der Waals surface area contributed by atoms with E-state index in [1.807, 2.05) is 39.3 Å². The first-order chi connectivity index (χ1) is 18.0. The molecular weight excluding hydrogens is 464 g/mol. The molecule has 1 fully saturated rings. The number of hydrogen-bond donors (Lipinski definition) is 0. The van der Waals surface area contributed by atoms with E-state index < -0.39 is 0 Å². The van der Waals surface area contributed by atoms with Crippen LogP contribution in [-0.4, -0.2) is 60.2 Å². The first kappa shape index (κ1) is 23.4. The van der Waals surface area contributed by atoms with Crippen LogP contribution in [0.15, 0.2) is 61.2 Å². The average Bonchev–Trinajstić information content (AvgIpc) is 3.66. The summed E-state index contributed by atoms with van der Waals surface area (Å²) in [7, 11) is 3.76. The Morgan fingerprint density at radius 3 is 2.59 bits per heavy atom. The third kappa shape index (κ3) is 4.19. The predicted molar refractivity (Wildman–Crippen MR) is 144 cm³/mol. The van der Waals surface area contributed by atoms with E-state index in [4.69, 9.17) is 19.9 Å². The zero-order valence-electron chi connectivity index (χ0n) is 21.7. The molecule has 1 unspecified atom stereocenters. The lowest BCUT2D eigenvalue weighted by Gasteiger charge is -2.33. The lowest BCUT2D eigenvalue weighted by molar-refractivity contribution is 0.0892. The van der Waals surface area contributed by atoms with E-state index in [2.05, 4.69) is 60.3 Å². The van der Waals surface area contributed by atoms with Crippen molar-refractivity contribution in [1.82, 2.24) is 33.9 Å². The summed E-state index contributed by atoms with van der Waals surface area (Å²) in [5, 5.41) is 9.90. The fraction of sp³-hybridized carbons (Fsp3) is 0.357. The van der Waals surface area contributed by atoms with Gasteiger partial charge in [0.05, 0.1) is 11.8 Å². The molecule has 0 saturated carbocycles. The molecule has 1 aliphatic heterocycles. The summed E-state index contributed by atoms with van der Waals surface area (Å²) in [5.74, 6) is 2.20. The lowest BCUT2D eigenvalue weighted by atomic mass is 10.00. The summed E-state index contributed by atoms with van der Waals surface area (Å²) in [5.41, 5.74) is 5.09. The molecule has 0 radical (unpaired) electrons. The molecule has 1 aliphatic rings. The molecule has 190 valence electrons. The molecule has 1 atom stereocenters. The van der Waals surface area contributed by atoms with Crippen LogP contribution >= 0.6 is 0 Å². The van der Waals surface area contributed by atoms with Crippen LogP contribution in [0.3, 0.4) is 0 Å². The minimum atomic E-state index is 0.164. The maximum Gasteiger partial charge on any atom is 0.218 e. The van der Waals surface area contributed by atoms with Crippen LogP contribution < -0.4 is 4.90 Å². The second-order valence-corrected chi connectivity index (χ2v) is 9.92. The van der Waals surface area contributed by atoms with E-state index in [0.29, 0.717) is 5.82 Å². The van der Waals surface area contributed by atoms with E-state index in [9.17, 15) is 0 Å². The smallest absolute Gasteiger partial charge is 0.218 e. The number of piperidine rings is 1. The molecule has 9 nitrogen and oxygen atoms in total. The number of anilines is 1. The first-order valence-corrected chi connectivity index (χ1v) is 12.8. The minimum Gasteiger partial charge on any atom is -0.380 e. The van der Waals surface area contributed by atoms with Crippen molar-refractivity contribution in [1.29, 1.82) is 0 Å². The Hall–Kier alpha value is -3.98. The Bertz CT molecular complexity index is 1530. The molecule has 0 bridgehead atoms. The molecule has 0 spiro atoms. The monoisotopic (exact) mass is 496 g/mol. The Morgan fingerprint density at radius 1 is 1.05 bits per heavy atom. The largest absolute Gasteiger partial charge is 0.380 e. The Morgan fingerprint density at radius 2 is 1.89 bits per heavy atom. The van der Waals surface area contributed by atoms with Crippen molar-refractivity contribution in [2.45, 2.75) is 38.8 Å². The SMILES string of the molecule is COC1CCCN(c2nc(-c3nccn3C)nn3cc(-c4ccn(C(C)C)n4)c(-c4ccccc4)c23)C1. The number of nitrogens with zero attached hydrogens (tertiary/aromatic N) is 8. The van der Waals surface area contributed by atoms with Crippen molar-refractivity contribution >= 4 is 11.3 Å². The molecule has 4 aromatic heterocycles. The number of aryl methyl sites for hydroxylation is 1. The minimum absolute atomic E-state index is 0.164. The fourth-order valence-electron chi connectivity index (χ4n) is 5.14. The molecule has 1 aromatic carbocycles. The average molecular weight is 497 g/mol. The third-order valence-electron chi connectivity index (χ3n) is 7.12. The molecule has 5 heterocycles. The molecule has 5 aromatic rings. The van der Waals surface area contributed by atoms with Gasteiger partial charge in [-0.1, -0.05) is 30.3 Å². The van der Waals surface area contributed by atoms with Crippen molar-refractivity contribution < 1.29 is 4.74 Å². The summed E-state index contributed by atoms with van der Waals surface area (Å²) >= 11 is 0. The zero-order valence-corrected chi connectivity index (χ0v) is 21.7. The van der Waals surface area contributed by atoms with Gasteiger partial charge < -0.3 is 14.2 Å². The van der Waals surface area contributed by atoms with Gasteiger partial charge in [-0.05, 0) is 38.3 Å². The number of rotatable bonds is 6. The summed E-state index contributed by atoms with van der Waals surface area (Å²) in [4.78, 5) is 12.0. The van der Waals surface area contributed by atoms with Crippen LogP contribution in [0, 0.1) is 0 Å². The highest BCUT2D eigenvalue weighted by molar-refractivity contribution is 5.98. The molecule has 1 saturated heterocycles. The Kier molecular flexibility index (Phi) is 6.00. The van der Waals surface area contributed by atoms with Crippen LogP contribution in [0.1, 0.15) is 32.7 Å². The van der Waals surface area contributed by atoms with Crippen molar-refractivity contribution in [2.75, 3.05) is 25.1 Å². The fourth-order valence-corrected chi connectivity index (χ4v) is 5.14. The molecule has 37 heavy (non-hydrogen) atoms. The molecule has 0 aliphatic carbocycles. The number of fused-ring (bicyclic) bond motifs is 1. The highest BCUT2D eigenvalue weighted by Gasteiger charge is 2.28. The van der Waals surface area contributed by atoms with Crippen molar-refractivity contribution in [3.8, 4) is 34.0 Å². The van der Waals surface area contributed by atoms with Gasteiger partial charge in [-0.3, -0.25) is 4.68 Å². The quantitative estimate of drug-likeness (QED) is 0.334. The van der Waals surface area contributed by atoms with E-state index >= 15 is 0 Å². The third-order valence-corrected chi connectivity index (χ3v) is 7.12. The van der Waals surface area contributed by atoms with E-state index in [-0.39, 0.29) is 12.1 Å². The second-order valence-electron chi connectivity index (χ2n) is 9.92. The zero-order chi connectivity index (χ0) is 25.5. The van der Waals surface area contributed by atoms with Crippen LogP contribution in [-0.2, 0) is 11.8 Å². The van der Waals surface area contributed by atoms with Gasteiger partial charge in [0.25, 0.3) is 0 Å². The van der Waals surface area contributed by atoms with Gasteiger partial charge in [-0.2, -0.15) is 5.10 Å². The highest BCUT2D eigenvalue weighted by Crippen LogP contribution is 2.41. The van der Waals surface area contributed by atoms with Crippen molar-refractivity contribution in [3.63, 3.8) is 0 Å². The van der Waals surface area contributed by atoms with Crippen molar-refractivity contribution in [3.05, 3.63) is 61.2 Å². The number of imidazole rings is 1. The normalized spacial score (nSPS) is 16.2. The second kappa shape index (κ2) is 9.48. The maximum absolute atomic E-state index is 5.77. The first-order valence-electron chi connectivity index (χ1n) is 12.8. The summed E-state index contributed by atoms with van der Waals surface area (Å²) in [6.45, 7) is 5.95. The summed E-state index contributed by atoms with van der Waals surface area (Å²) < 4.78 is 11.7. The van der Waals surface area contributed by atoms with Crippen LogP contribution in [0.4, 0.5) is 5.82 Å². The molecule has 0 N–H and O–H groups in total. The standard InChI is InChI=1S/C28H32N8O/c1-19(2)35-15-12-23(31-35)22-18-36-25(24(22)20-9-6-5-7-10-20)27(34-14-8-11-21(17-34)37-4)30-26(32-36)28-29-13-16-33(28)3/h5-7,9-10,12-13,15-16,18-19,21H,8,11,14,17H2,1-4H3. The van der Waals surface area contributed by atoms with Crippen molar-refractivity contribution in [2.24, 2.45) is 7.05 Å².